The summed E-state index contributed by atoms with van der Waals surface area (Å²) in [5, 5.41) is 8.90. The summed E-state index contributed by atoms with van der Waals surface area (Å²) >= 11 is 0. The summed E-state index contributed by atoms with van der Waals surface area (Å²) in [4.78, 5) is 38.0. The van der Waals surface area contributed by atoms with Gasteiger partial charge in [-0.25, -0.2) is 9.13 Å². The second-order valence-electron chi connectivity index (χ2n) is 2.45. The van der Waals surface area contributed by atoms with E-state index in [1.165, 1.54) is 0 Å². The lowest BCUT2D eigenvalue weighted by atomic mass is 10.4. The molecule has 104 valence electrons. The first-order valence-electron chi connectivity index (χ1n) is 3.84. The van der Waals surface area contributed by atoms with E-state index in [1.807, 2.05) is 0 Å². The maximum atomic E-state index is 10.1. The first kappa shape index (κ1) is 19.1. The lowest BCUT2D eigenvalue weighted by Gasteiger charge is -2.10. The first-order valence-corrected chi connectivity index (χ1v) is 6.94. The molecule has 0 radical (unpaired) electrons. The summed E-state index contributed by atoms with van der Waals surface area (Å²) in [7, 11) is -9.13. The highest BCUT2D eigenvalue weighted by Gasteiger charge is 2.16. The molecular weight excluding hydrogens is 282 g/mol. The van der Waals surface area contributed by atoms with Gasteiger partial charge in [-0.05, 0) is 0 Å². The van der Waals surface area contributed by atoms with Crippen molar-refractivity contribution < 1.29 is 48.0 Å². The van der Waals surface area contributed by atoms with Crippen LogP contribution in [0.2, 0.25) is 0 Å². The Labute approximate surface area is 96.6 Å². The standard InChI is InChI=1S/C5H11O6P.H3O4P/c1-2-10-3-5(6)4-11-12(7,8)9;1-5(2,3)4/h2,5-6H,1,3-4H2,(H2,7,8,9);(H3,1,2,3,4). The number of rotatable bonds is 6. The van der Waals surface area contributed by atoms with E-state index in [-0.39, 0.29) is 6.61 Å². The number of phosphoric acid groups is 2. The molecule has 0 fully saturated rings. The fourth-order valence-corrected chi connectivity index (χ4v) is 0.777. The van der Waals surface area contributed by atoms with Crippen LogP contribution in [0.5, 0.6) is 0 Å². The Bertz CT molecular complexity index is 283. The Kier molecular flexibility index (Phi) is 9.82. The molecule has 0 bridgehead atoms. The van der Waals surface area contributed by atoms with Crippen molar-refractivity contribution in [1.29, 1.82) is 0 Å². The lowest BCUT2D eigenvalue weighted by Crippen LogP contribution is -2.19. The molecule has 0 saturated carbocycles. The zero-order valence-electron chi connectivity index (χ0n) is 8.49. The van der Waals surface area contributed by atoms with Gasteiger partial charge in [0, 0.05) is 0 Å². The number of hydrogen-bond donors (Lipinski definition) is 6. The minimum atomic E-state index is -4.64. The topological polar surface area (TPSA) is 174 Å². The molecule has 1 unspecified atom stereocenters. The molecule has 17 heavy (non-hydrogen) atoms. The largest absolute Gasteiger partial charge is 0.499 e. The van der Waals surface area contributed by atoms with Gasteiger partial charge in [0.15, 0.2) is 0 Å². The van der Waals surface area contributed by atoms with E-state index < -0.39 is 28.4 Å². The van der Waals surface area contributed by atoms with Crippen molar-refractivity contribution in [2.75, 3.05) is 13.2 Å². The molecule has 0 aliphatic heterocycles. The van der Waals surface area contributed by atoms with Crippen molar-refractivity contribution in [3.63, 3.8) is 0 Å². The van der Waals surface area contributed by atoms with Crippen LogP contribution < -0.4 is 0 Å². The molecule has 0 saturated heterocycles. The Morgan fingerprint density at radius 2 is 1.53 bits per heavy atom. The Morgan fingerprint density at radius 3 is 1.82 bits per heavy atom. The Hall–Kier alpha value is -0.280. The normalized spacial score (nSPS) is 13.3. The van der Waals surface area contributed by atoms with Gasteiger partial charge >= 0.3 is 15.6 Å². The Morgan fingerprint density at radius 1 is 1.12 bits per heavy atom. The highest BCUT2D eigenvalue weighted by molar-refractivity contribution is 7.46. The van der Waals surface area contributed by atoms with Gasteiger partial charge in [0.2, 0.25) is 0 Å². The van der Waals surface area contributed by atoms with Crippen molar-refractivity contribution in [3.8, 4) is 0 Å². The van der Waals surface area contributed by atoms with Crippen molar-refractivity contribution in [3.05, 3.63) is 12.8 Å². The van der Waals surface area contributed by atoms with E-state index in [0.29, 0.717) is 0 Å². The smallest absolute Gasteiger partial charge is 0.469 e. The van der Waals surface area contributed by atoms with Crippen LogP contribution in [-0.4, -0.2) is 48.9 Å². The van der Waals surface area contributed by atoms with Gasteiger partial charge in [-0.3, -0.25) is 4.52 Å². The average Bonchev–Trinajstić information content (AvgIpc) is 2.07. The summed E-state index contributed by atoms with van der Waals surface area (Å²) in [6, 6.07) is 0. The molecule has 0 rings (SSSR count). The predicted octanol–water partition coefficient (Wildman–Crippen LogP) is -1.31. The predicted molar refractivity (Wildman–Crippen MR) is 54.4 cm³/mol. The maximum absolute atomic E-state index is 10.1. The highest BCUT2D eigenvalue weighted by Crippen LogP contribution is 2.35. The fraction of sp³-hybridized carbons (Fsp3) is 0.600. The number of aliphatic hydroxyl groups is 1. The number of hydrogen-bond acceptors (Lipinski definition) is 5. The highest BCUT2D eigenvalue weighted by atomic mass is 31.2. The molecule has 10 nitrogen and oxygen atoms in total. The molecular formula is C5H14O10P2. The van der Waals surface area contributed by atoms with Crippen LogP contribution in [0, 0.1) is 0 Å². The van der Waals surface area contributed by atoms with Crippen LogP contribution in [0.4, 0.5) is 0 Å². The number of ether oxygens (including phenoxy) is 1. The van der Waals surface area contributed by atoms with E-state index in [2.05, 4.69) is 15.8 Å². The molecule has 0 spiro atoms. The van der Waals surface area contributed by atoms with Gasteiger partial charge in [0.1, 0.15) is 12.7 Å². The first-order chi connectivity index (χ1) is 7.45. The van der Waals surface area contributed by atoms with Crippen LogP contribution in [0.1, 0.15) is 0 Å². The van der Waals surface area contributed by atoms with Crippen LogP contribution in [0.3, 0.4) is 0 Å². The summed E-state index contributed by atoms with van der Waals surface area (Å²) in [6.07, 6.45) is 0.0383. The van der Waals surface area contributed by atoms with Gasteiger partial charge in [-0.2, -0.15) is 0 Å². The van der Waals surface area contributed by atoms with Crippen molar-refractivity contribution >= 4 is 15.6 Å². The average molecular weight is 296 g/mol. The van der Waals surface area contributed by atoms with Crippen LogP contribution in [0.15, 0.2) is 12.8 Å². The molecule has 12 heteroatoms. The van der Waals surface area contributed by atoms with E-state index in [9.17, 15) is 4.57 Å². The zero-order valence-corrected chi connectivity index (χ0v) is 10.3. The van der Waals surface area contributed by atoms with E-state index >= 15 is 0 Å². The third kappa shape index (κ3) is 31.3. The minimum Gasteiger partial charge on any atom is -0.499 e. The lowest BCUT2D eigenvalue weighted by molar-refractivity contribution is 0.0361. The third-order valence-electron chi connectivity index (χ3n) is 0.842. The quantitative estimate of drug-likeness (QED) is 0.255. The molecule has 0 aromatic heterocycles. The molecule has 0 aromatic carbocycles. The second kappa shape index (κ2) is 8.76. The summed E-state index contributed by atoms with van der Waals surface area (Å²) in [6.45, 7) is 2.63. The molecule has 0 heterocycles. The zero-order chi connectivity index (χ0) is 14.1. The molecule has 1 atom stereocenters. The summed E-state index contributed by atoms with van der Waals surface area (Å²) in [5.74, 6) is 0. The maximum Gasteiger partial charge on any atom is 0.469 e. The molecule has 0 amide bonds. The molecule has 6 N–H and O–H groups in total. The molecule has 0 aliphatic carbocycles. The second-order valence-corrected chi connectivity index (χ2v) is 4.72. The van der Waals surface area contributed by atoms with Gasteiger partial charge in [0.05, 0.1) is 12.9 Å². The SMILES string of the molecule is C=COCC(O)COP(=O)(O)O.O=P(O)(O)O. The van der Waals surface area contributed by atoms with E-state index in [4.69, 9.17) is 34.1 Å². The van der Waals surface area contributed by atoms with Gasteiger partial charge in [-0.15, -0.1) is 0 Å². The monoisotopic (exact) mass is 296 g/mol. The van der Waals surface area contributed by atoms with Crippen molar-refractivity contribution in [1.82, 2.24) is 0 Å². The van der Waals surface area contributed by atoms with Gasteiger partial charge < -0.3 is 34.3 Å². The van der Waals surface area contributed by atoms with Crippen LogP contribution in [-0.2, 0) is 18.4 Å². The van der Waals surface area contributed by atoms with Crippen molar-refractivity contribution in [2.45, 2.75) is 6.10 Å². The van der Waals surface area contributed by atoms with Gasteiger partial charge in [-0.1, -0.05) is 6.58 Å². The fourth-order valence-electron chi connectivity index (χ4n) is 0.410. The molecule has 0 aromatic rings. The number of aliphatic hydroxyl groups excluding tert-OH is 1. The van der Waals surface area contributed by atoms with Crippen LogP contribution in [0.25, 0.3) is 0 Å². The number of phosphoric ester groups is 1. The third-order valence-corrected chi connectivity index (χ3v) is 1.33. The Balaban J connectivity index is 0. The van der Waals surface area contributed by atoms with Gasteiger partial charge in [0.25, 0.3) is 0 Å². The van der Waals surface area contributed by atoms with Crippen LogP contribution >= 0.6 is 15.6 Å². The van der Waals surface area contributed by atoms with E-state index in [0.717, 1.165) is 6.26 Å². The van der Waals surface area contributed by atoms with Crippen molar-refractivity contribution in [2.24, 2.45) is 0 Å². The minimum absolute atomic E-state index is 0.108. The molecule has 0 aliphatic rings. The van der Waals surface area contributed by atoms with E-state index in [1.54, 1.807) is 0 Å². The summed E-state index contributed by atoms with van der Waals surface area (Å²) < 4.78 is 27.5. The summed E-state index contributed by atoms with van der Waals surface area (Å²) in [5.41, 5.74) is 0.